The van der Waals surface area contributed by atoms with Crippen LogP contribution in [0.2, 0.25) is 0 Å². The van der Waals surface area contributed by atoms with Gasteiger partial charge in [-0.15, -0.1) is 0 Å². The van der Waals surface area contributed by atoms with E-state index in [1.165, 1.54) is 4.57 Å². The van der Waals surface area contributed by atoms with Gasteiger partial charge in [0.15, 0.2) is 4.77 Å². The molecule has 2 aromatic rings. The number of carbonyl (C=O) groups excluding carboxylic acids is 1. The van der Waals surface area contributed by atoms with Crippen molar-refractivity contribution in [2.45, 2.75) is 18.9 Å². The quantitative estimate of drug-likeness (QED) is 0.841. The Balaban J connectivity index is 1.85. The number of hydrogen-bond acceptors (Lipinski definition) is 4. The monoisotopic (exact) mass is 319 g/mol. The SMILES string of the molecule is Cn1c(=S)[nH]c2cc(C(=O)NC[C@H]3CCCO3)ccc2c1=O. The van der Waals surface area contributed by atoms with Crippen LogP contribution in [0.15, 0.2) is 23.0 Å². The Hall–Kier alpha value is -1.99. The molecule has 6 nitrogen and oxygen atoms in total. The van der Waals surface area contributed by atoms with Crippen LogP contribution in [0.1, 0.15) is 23.2 Å². The van der Waals surface area contributed by atoms with E-state index >= 15 is 0 Å². The third kappa shape index (κ3) is 2.82. The number of nitrogens with one attached hydrogen (secondary N) is 2. The third-order valence-electron chi connectivity index (χ3n) is 3.88. The molecule has 1 fully saturated rings. The number of benzene rings is 1. The van der Waals surface area contributed by atoms with Gasteiger partial charge in [0, 0.05) is 25.8 Å². The summed E-state index contributed by atoms with van der Waals surface area (Å²) >= 11 is 5.09. The maximum Gasteiger partial charge on any atom is 0.261 e. The Kier molecular flexibility index (Phi) is 4.08. The minimum absolute atomic E-state index is 0.0995. The van der Waals surface area contributed by atoms with Crippen molar-refractivity contribution >= 4 is 29.0 Å². The Morgan fingerprint density at radius 3 is 3.09 bits per heavy atom. The smallest absolute Gasteiger partial charge is 0.261 e. The molecule has 3 rings (SSSR count). The number of hydrogen-bond donors (Lipinski definition) is 2. The zero-order chi connectivity index (χ0) is 15.7. The lowest BCUT2D eigenvalue weighted by atomic mass is 10.1. The second kappa shape index (κ2) is 6.02. The molecule has 0 radical (unpaired) electrons. The number of H-pyrrole nitrogens is 1. The highest BCUT2D eigenvalue weighted by atomic mass is 32.1. The minimum atomic E-state index is -0.183. The Morgan fingerprint density at radius 1 is 1.55 bits per heavy atom. The summed E-state index contributed by atoms with van der Waals surface area (Å²) in [5.41, 5.74) is 0.882. The molecule has 1 aliphatic rings. The predicted molar refractivity (Wildman–Crippen MR) is 85.7 cm³/mol. The molecular formula is C15H17N3O3S. The molecule has 0 bridgehead atoms. The highest BCUT2D eigenvalue weighted by molar-refractivity contribution is 7.71. The van der Waals surface area contributed by atoms with Crippen LogP contribution in [0, 0.1) is 4.77 Å². The number of ether oxygens (including phenoxy) is 1. The lowest BCUT2D eigenvalue weighted by molar-refractivity contribution is 0.0858. The maximum atomic E-state index is 12.2. The zero-order valence-corrected chi connectivity index (χ0v) is 13.0. The molecule has 0 spiro atoms. The van der Waals surface area contributed by atoms with Crippen LogP contribution >= 0.6 is 12.2 Å². The summed E-state index contributed by atoms with van der Waals surface area (Å²) in [6.45, 7) is 1.26. The van der Waals surface area contributed by atoms with Crippen molar-refractivity contribution in [1.82, 2.24) is 14.9 Å². The second-order valence-corrected chi connectivity index (χ2v) is 5.79. The van der Waals surface area contributed by atoms with Gasteiger partial charge in [-0.2, -0.15) is 0 Å². The average Bonchev–Trinajstić information content (AvgIpc) is 3.03. The van der Waals surface area contributed by atoms with Crippen LogP contribution < -0.4 is 10.9 Å². The molecule has 2 heterocycles. The standard InChI is InChI=1S/C15H17N3O3S/c1-18-14(20)11-5-4-9(7-12(11)17-15(18)22)13(19)16-8-10-3-2-6-21-10/h4-5,7,10H,2-3,6,8H2,1H3,(H,16,19)(H,17,22)/t10-/m1/s1. The molecule has 0 unspecified atom stereocenters. The highest BCUT2D eigenvalue weighted by Crippen LogP contribution is 2.12. The molecule has 2 N–H and O–H groups in total. The van der Waals surface area contributed by atoms with Crippen molar-refractivity contribution in [2.24, 2.45) is 7.05 Å². The average molecular weight is 319 g/mol. The summed E-state index contributed by atoms with van der Waals surface area (Å²) < 4.78 is 7.17. The zero-order valence-electron chi connectivity index (χ0n) is 12.2. The van der Waals surface area contributed by atoms with Gasteiger partial charge in [-0.25, -0.2) is 0 Å². The van der Waals surface area contributed by atoms with E-state index in [2.05, 4.69) is 10.3 Å². The van der Waals surface area contributed by atoms with Gasteiger partial charge >= 0.3 is 0 Å². The molecule has 1 aliphatic heterocycles. The van der Waals surface area contributed by atoms with E-state index in [1.807, 2.05) is 0 Å². The number of rotatable bonds is 3. The summed E-state index contributed by atoms with van der Waals surface area (Å²) in [4.78, 5) is 27.2. The summed E-state index contributed by atoms with van der Waals surface area (Å²) in [7, 11) is 1.61. The van der Waals surface area contributed by atoms with Gasteiger partial charge in [0.05, 0.1) is 17.0 Å². The summed E-state index contributed by atoms with van der Waals surface area (Å²) in [6, 6.07) is 4.94. The molecule has 1 amide bonds. The van der Waals surface area contributed by atoms with E-state index in [1.54, 1.807) is 25.2 Å². The minimum Gasteiger partial charge on any atom is -0.376 e. The first-order valence-electron chi connectivity index (χ1n) is 7.19. The molecule has 7 heteroatoms. The van der Waals surface area contributed by atoms with Gasteiger partial charge in [-0.05, 0) is 43.3 Å². The van der Waals surface area contributed by atoms with E-state index in [0.717, 1.165) is 19.4 Å². The van der Waals surface area contributed by atoms with E-state index in [0.29, 0.717) is 27.8 Å². The Labute approximate surface area is 132 Å². The van der Waals surface area contributed by atoms with Crippen LogP contribution in [0.3, 0.4) is 0 Å². The summed E-state index contributed by atoms with van der Waals surface area (Å²) in [5.74, 6) is -0.183. The van der Waals surface area contributed by atoms with E-state index in [4.69, 9.17) is 17.0 Å². The Bertz CT molecular complexity index is 834. The lowest BCUT2D eigenvalue weighted by Crippen LogP contribution is -2.31. The second-order valence-electron chi connectivity index (χ2n) is 5.40. The predicted octanol–water partition coefficient (Wildman–Crippen LogP) is 1.50. The molecule has 1 atom stereocenters. The van der Waals surface area contributed by atoms with E-state index in [-0.39, 0.29) is 17.6 Å². The number of amides is 1. The molecule has 22 heavy (non-hydrogen) atoms. The normalized spacial score (nSPS) is 17.8. The first-order valence-corrected chi connectivity index (χ1v) is 7.60. The Morgan fingerprint density at radius 2 is 2.36 bits per heavy atom. The van der Waals surface area contributed by atoms with E-state index < -0.39 is 0 Å². The maximum absolute atomic E-state index is 12.2. The molecule has 1 aromatic heterocycles. The first kappa shape index (κ1) is 14.9. The highest BCUT2D eigenvalue weighted by Gasteiger charge is 2.17. The van der Waals surface area contributed by atoms with Gasteiger partial charge < -0.3 is 15.0 Å². The molecule has 116 valence electrons. The summed E-state index contributed by atoms with van der Waals surface area (Å²) in [5, 5.41) is 3.37. The summed E-state index contributed by atoms with van der Waals surface area (Å²) in [6.07, 6.45) is 2.11. The molecule has 1 saturated heterocycles. The fourth-order valence-corrected chi connectivity index (χ4v) is 2.75. The number of aromatic nitrogens is 2. The largest absolute Gasteiger partial charge is 0.376 e. The fourth-order valence-electron chi connectivity index (χ4n) is 2.56. The van der Waals surface area contributed by atoms with Crippen LogP contribution in [0.4, 0.5) is 0 Å². The molecule has 1 aromatic carbocycles. The van der Waals surface area contributed by atoms with Crippen LogP contribution in [-0.4, -0.2) is 34.7 Å². The fraction of sp³-hybridized carbons (Fsp3) is 0.400. The topological polar surface area (TPSA) is 76.1 Å². The lowest BCUT2D eigenvalue weighted by Gasteiger charge is -2.11. The number of nitrogens with zero attached hydrogens (tertiary/aromatic N) is 1. The van der Waals surface area contributed by atoms with Crippen molar-refractivity contribution in [3.63, 3.8) is 0 Å². The molecular weight excluding hydrogens is 302 g/mol. The van der Waals surface area contributed by atoms with Crippen molar-refractivity contribution in [1.29, 1.82) is 0 Å². The van der Waals surface area contributed by atoms with Crippen LogP contribution in [0.5, 0.6) is 0 Å². The molecule has 0 aliphatic carbocycles. The van der Waals surface area contributed by atoms with Crippen molar-refractivity contribution in [2.75, 3.05) is 13.2 Å². The number of fused-ring (bicyclic) bond motifs is 1. The first-order chi connectivity index (χ1) is 10.6. The molecule has 0 saturated carbocycles. The third-order valence-corrected chi connectivity index (χ3v) is 4.25. The van der Waals surface area contributed by atoms with Gasteiger partial charge in [0.1, 0.15) is 0 Å². The van der Waals surface area contributed by atoms with Crippen molar-refractivity contribution in [3.8, 4) is 0 Å². The van der Waals surface area contributed by atoms with Crippen LogP contribution in [0.25, 0.3) is 10.9 Å². The van der Waals surface area contributed by atoms with Gasteiger partial charge in [-0.1, -0.05) is 0 Å². The van der Waals surface area contributed by atoms with E-state index in [9.17, 15) is 9.59 Å². The van der Waals surface area contributed by atoms with Gasteiger partial charge in [0.2, 0.25) is 0 Å². The van der Waals surface area contributed by atoms with Gasteiger partial charge in [0.25, 0.3) is 11.5 Å². The number of aromatic amines is 1. The van der Waals surface area contributed by atoms with Crippen molar-refractivity contribution < 1.29 is 9.53 Å². The van der Waals surface area contributed by atoms with Crippen molar-refractivity contribution in [3.05, 3.63) is 38.9 Å². The van der Waals surface area contributed by atoms with Crippen LogP contribution in [-0.2, 0) is 11.8 Å². The number of carbonyl (C=O) groups is 1. The van der Waals surface area contributed by atoms with Gasteiger partial charge in [-0.3, -0.25) is 14.2 Å².